The molecule has 132 valence electrons. The maximum atomic E-state index is 12.1. The minimum Gasteiger partial charge on any atom is -0.383 e. The van der Waals surface area contributed by atoms with E-state index in [-0.39, 0.29) is 0 Å². The summed E-state index contributed by atoms with van der Waals surface area (Å²) in [6.07, 6.45) is 4.18. The number of benzene rings is 1. The number of nitrogens with zero attached hydrogens (tertiary/aromatic N) is 2. The van der Waals surface area contributed by atoms with Crippen LogP contribution in [0.5, 0.6) is 0 Å². The average molecular weight is 330 g/mol. The van der Waals surface area contributed by atoms with E-state index in [0.29, 0.717) is 24.3 Å². The van der Waals surface area contributed by atoms with Crippen LogP contribution in [0.2, 0.25) is 0 Å². The molecule has 2 saturated heterocycles. The lowest BCUT2D eigenvalue weighted by Crippen LogP contribution is -2.52. The fourth-order valence-corrected chi connectivity index (χ4v) is 4.13. The van der Waals surface area contributed by atoms with Gasteiger partial charge >= 0.3 is 0 Å². The van der Waals surface area contributed by atoms with Crippen LogP contribution in [0.3, 0.4) is 0 Å². The highest BCUT2D eigenvalue weighted by atomic mass is 16.5. The van der Waals surface area contributed by atoms with E-state index >= 15 is 0 Å². The SMILES string of the molecule is COCCN1CC2(CCC1=O)CCN(Cc1ccccc1C)CC2. The molecule has 0 N–H and O–H groups in total. The normalized spacial score (nSPS) is 21.4. The Labute approximate surface area is 145 Å². The molecule has 0 aromatic heterocycles. The van der Waals surface area contributed by atoms with E-state index < -0.39 is 0 Å². The fraction of sp³-hybridized carbons (Fsp3) is 0.650. The molecular formula is C20H30N2O2. The van der Waals surface area contributed by atoms with Crippen LogP contribution in [-0.2, 0) is 16.1 Å². The largest absolute Gasteiger partial charge is 0.383 e. The number of methoxy groups -OCH3 is 1. The third-order valence-electron chi connectivity index (χ3n) is 5.89. The van der Waals surface area contributed by atoms with Crippen molar-refractivity contribution in [2.24, 2.45) is 5.41 Å². The Morgan fingerprint density at radius 2 is 1.92 bits per heavy atom. The molecule has 1 spiro atoms. The van der Waals surface area contributed by atoms with Gasteiger partial charge in [0.05, 0.1) is 6.61 Å². The molecule has 2 heterocycles. The van der Waals surface area contributed by atoms with Gasteiger partial charge in [0.15, 0.2) is 0 Å². The zero-order chi connectivity index (χ0) is 17.0. The number of carbonyl (C=O) groups is 1. The van der Waals surface area contributed by atoms with Crippen molar-refractivity contribution in [3.8, 4) is 0 Å². The fourth-order valence-electron chi connectivity index (χ4n) is 4.13. The van der Waals surface area contributed by atoms with E-state index in [1.54, 1.807) is 7.11 Å². The lowest BCUT2D eigenvalue weighted by atomic mass is 9.72. The highest BCUT2D eigenvalue weighted by Gasteiger charge is 2.40. The van der Waals surface area contributed by atoms with Crippen molar-refractivity contribution in [3.63, 3.8) is 0 Å². The molecule has 3 rings (SSSR count). The van der Waals surface area contributed by atoms with Crippen LogP contribution in [0.15, 0.2) is 24.3 Å². The number of hydrogen-bond donors (Lipinski definition) is 0. The van der Waals surface area contributed by atoms with Crippen LogP contribution in [0.1, 0.15) is 36.8 Å². The third kappa shape index (κ3) is 3.98. The molecule has 1 amide bonds. The van der Waals surface area contributed by atoms with Crippen molar-refractivity contribution < 1.29 is 9.53 Å². The molecule has 0 aliphatic carbocycles. The number of aryl methyl sites for hydroxylation is 1. The Hall–Kier alpha value is -1.39. The van der Waals surface area contributed by atoms with Crippen LogP contribution >= 0.6 is 0 Å². The van der Waals surface area contributed by atoms with Gasteiger partial charge in [-0.25, -0.2) is 0 Å². The number of piperidine rings is 2. The van der Waals surface area contributed by atoms with E-state index in [1.807, 2.05) is 4.90 Å². The third-order valence-corrected chi connectivity index (χ3v) is 5.89. The highest BCUT2D eigenvalue weighted by molar-refractivity contribution is 5.77. The molecule has 0 unspecified atom stereocenters. The van der Waals surface area contributed by atoms with Gasteiger partial charge in [-0.15, -0.1) is 0 Å². The van der Waals surface area contributed by atoms with E-state index in [0.717, 1.165) is 39.1 Å². The zero-order valence-corrected chi connectivity index (χ0v) is 15.1. The van der Waals surface area contributed by atoms with Crippen LogP contribution in [0, 0.1) is 12.3 Å². The van der Waals surface area contributed by atoms with Gasteiger partial charge in [0.25, 0.3) is 0 Å². The zero-order valence-electron chi connectivity index (χ0n) is 15.1. The minimum atomic E-state index is 0.306. The van der Waals surface area contributed by atoms with Crippen molar-refractivity contribution in [2.75, 3.05) is 39.9 Å². The molecule has 0 radical (unpaired) electrons. The van der Waals surface area contributed by atoms with Crippen LogP contribution in [0.4, 0.5) is 0 Å². The lowest BCUT2D eigenvalue weighted by molar-refractivity contribution is -0.139. The summed E-state index contributed by atoms with van der Waals surface area (Å²) in [5, 5.41) is 0. The average Bonchev–Trinajstić information content (AvgIpc) is 2.60. The van der Waals surface area contributed by atoms with Gasteiger partial charge in [0.2, 0.25) is 5.91 Å². The van der Waals surface area contributed by atoms with Crippen molar-refractivity contribution in [1.82, 2.24) is 9.80 Å². The van der Waals surface area contributed by atoms with Gasteiger partial charge in [0, 0.05) is 33.2 Å². The summed E-state index contributed by atoms with van der Waals surface area (Å²) < 4.78 is 5.16. The quantitative estimate of drug-likeness (QED) is 0.832. The summed E-state index contributed by atoms with van der Waals surface area (Å²) in [5.41, 5.74) is 3.16. The van der Waals surface area contributed by atoms with Crippen molar-refractivity contribution >= 4 is 5.91 Å². The summed E-state index contributed by atoms with van der Waals surface area (Å²) in [7, 11) is 1.70. The number of likely N-dealkylation sites (tertiary alicyclic amines) is 2. The molecule has 4 nitrogen and oxygen atoms in total. The molecule has 1 aromatic carbocycles. The summed E-state index contributed by atoms with van der Waals surface area (Å²) in [5.74, 6) is 0.306. The molecule has 2 aliphatic heterocycles. The summed E-state index contributed by atoms with van der Waals surface area (Å²) >= 11 is 0. The van der Waals surface area contributed by atoms with Gasteiger partial charge in [-0.3, -0.25) is 9.69 Å². The van der Waals surface area contributed by atoms with E-state index in [4.69, 9.17) is 4.74 Å². The molecular weight excluding hydrogens is 300 g/mol. The predicted molar refractivity (Wildman–Crippen MR) is 95.8 cm³/mol. The van der Waals surface area contributed by atoms with Gasteiger partial charge in [-0.05, 0) is 55.8 Å². The van der Waals surface area contributed by atoms with Crippen molar-refractivity contribution in [1.29, 1.82) is 0 Å². The molecule has 1 aromatic rings. The van der Waals surface area contributed by atoms with Gasteiger partial charge in [-0.2, -0.15) is 0 Å². The van der Waals surface area contributed by atoms with E-state index in [1.165, 1.54) is 24.0 Å². The number of rotatable bonds is 5. The second kappa shape index (κ2) is 7.66. The molecule has 0 saturated carbocycles. The van der Waals surface area contributed by atoms with Crippen LogP contribution in [0.25, 0.3) is 0 Å². The molecule has 2 aliphatic rings. The van der Waals surface area contributed by atoms with Gasteiger partial charge in [0.1, 0.15) is 0 Å². The van der Waals surface area contributed by atoms with Gasteiger partial charge < -0.3 is 9.64 Å². The highest BCUT2D eigenvalue weighted by Crippen LogP contribution is 2.40. The summed E-state index contributed by atoms with van der Waals surface area (Å²) in [6.45, 7) is 7.83. The first-order valence-electron chi connectivity index (χ1n) is 9.15. The smallest absolute Gasteiger partial charge is 0.222 e. The first-order valence-corrected chi connectivity index (χ1v) is 9.15. The van der Waals surface area contributed by atoms with E-state index in [9.17, 15) is 4.79 Å². The molecule has 0 bridgehead atoms. The lowest BCUT2D eigenvalue weighted by Gasteiger charge is -2.47. The maximum Gasteiger partial charge on any atom is 0.222 e. The van der Waals surface area contributed by atoms with Crippen molar-refractivity contribution in [3.05, 3.63) is 35.4 Å². The Morgan fingerprint density at radius 1 is 1.17 bits per heavy atom. The predicted octanol–water partition coefficient (Wildman–Crippen LogP) is 2.85. The Bertz CT molecular complexity index is 565. The topological polar surface area (TPSA) is 32.8 Å². The number of hydrogen-bond acceptors (Lipinski definition) is 3. The Balaban J connectivity index is 1.56. The number of amides is 1. The second-order valence-electron chi connectivity index (χ2n) is 7.51. The van der Waals surface area contributed by atoms with Crippen molar-refractivity contribution in [2.45, 2.75) is 39.2 Å². The minimum absolute atomic E-state index is 0.306. The summed E-state index contributed by atoms with van der Waals surface area (Å²) in [6, 6.07) is 8.68. The molecule has 24 heavy (non-hydrogen) atoms. The maximum absolute atomic E-state index is 12.1. The second-order valence-corrected chi connectivity index (χ2v) is 7.51. The standard InChI is InChI=1S/C20H30N2O2/c1-17-5-3-4-6-18(17)15-21-11-9-20(10-12-21)8-7-19(23)22(16-20)13-14-24-2/h3-6H,7-16H2,1-2H3. The number of carbonyl (C=O) groups excluding carboxylic acids is 1. The monoisotopic (exact) mass is 330 g/mol. The first kappa shape index (κ1) is 17.4. The first-order chi connectivity index (χ1) is 11.6. The molecule has 0 atom stereocenters. The Kier molecular flexibility index (Phi) is 5.57. The van der Waals surface area contributed by atoms with E-state index in [2.05, 4.69) is 36.1 Å². The van der Waals surface area contributed by atoms with Gasteiger partial charge in [-0.1, -0.05) is 24.3 Å². The number of ether oxygens (including phenoxy) is 1. The van der Waals surface area contributed by atoms with Crippen LogP contribution in [-0.4, -0.2) is 55.6 Å². The Morgan fingerprint density at radius 3 is 2.62 bits per heavy atom. The molecule has 4 heteroatoms. The summed E-state index contributed by atoms with van der Waals surface area (Å²) in [4.78, 5) is 16.7. The van der Waals surface area contributed by atoms with Crippen LogP contribution < -0.4 is 0 Å². The molecule has 2 fully saturated rings.